The summed E-state index contributed by atoms with van der Waals surface area (Å²) < 4.78 is 46.7. The van der Waals surface area contributed by atoms with E-state index in [1.54, 1.807) is 19.9 Å². The van der Waals surface area contributed by atoms with Crippen molar-refractivity contribution in [1.82, 2.24) is 0 Å². The second-order valence-electron chi connectivity index (χ2n) is 4.43. The van der Waals surface area contributed by atoms with Gasteiger partial charge in [0, 0.05) is 11.4 Å². The maximum absolute atomic E-state index is 12.0. The Kier molecular flexibility index (Phi) is 4.98. The van der Waals surface area contributed by atoms with Crippen molar-refractivity contribution >= 4 is 25.4 Å². The topological polar surface area (TPSA) is 94.3 Å². The van der Waals surface area contributed by atoms with E-state index in [1.165, 1.54) is 12.1 Å². The lowest BCUT2D eigenvalue weighted by Crippen LogP contribution is -2.14. The summed E-state index contributed by atoms with van der Waals surface area (Å²) >= 11 is 0. The maximum Gasteiger partial charge on any atom is 0.178 e. The molecule has 1 aromatic carbocycles. The molecule has 0 spiro atoms. The number of hydrogen-bond donors (Lipinski definition) is 1. The predicted molar refractivity (Wildman–Crippen MR) is 76.6 cm³/mol. The minimum Gasteiger partial charge on any atom is -0.399 e. The van der Waals surface area contributed by atoms with Crippen LogP contribution in [-0.2, 0) is 19.7 Å². The molecule has 2 N–H and O–H groups in total. The Labute approximate surface area is 114 Å². The molecule has 7 heteroatoms. The monoisotopic (exact) mass is 305 g/mol. The number of nitrogens with two attached hydrogens (primary N) is 1. The summed E-state index contributed by atoms with van der Waals surface area (Å²) in [6, 6.07) is 4.51. The highest BCUT2D eigenvalue weighted by atomic mass is 32.2. The highest BCUT2D eigenvalue weighted by Crippen LogP contribution is 2.18. The molecule has 1 aromatic rings. The normalized spacial score (nSPS) is 12.5. The minimum atomic E-state index is -3.45. The average Bonchev–Trinajstić information content (AvgIpc) is 2.32. The Hall–Kier alpha value is -1.08. The highest BCUT2D eigenvalue weighted by Gasteiger charge is 2.17. The highest BCUT2D eigenvalue weighted by molar-refractivity contribution is 7.92. The van der Waals surface area contributed by atoms with Gasteiger partial charge in [-0.1, -0.05) is 6.92 Å². The van der Waals surface area contributed by atoms with Crippen molar-refractivity contribution in [3.63, 3.8) is 0 Å². The quantitative estimate of drug-likeness (QED) is 0.796. The van der Waals surface area contributed by atoms with E-state index in [0.29, 0.717) is 11.3 Å². The first-order valence-electron chi connectivity index (χ1n) is 5.97. The number of sulfone groups is 2. The molecule has 0 unspecified atom stereocenters. The molecule has 0 saturated carbocycles. The molecule has 19 heavy (non-hydrogen) atoms. The van der Waals surface area contributed by atoms with E-state index < -0.39 is 19.7 Å². The van der Waals surface area contributed by atoms with E-state index in [9.17, 15) is 16.8 Å². The predicted octanol–water partition coefficient (Wildman–Crippen LogP) is 1.18. The van der Waals surface area contributed by atoms with Gasteiger partial charge in [-0.05, 0) is 37.1 Å². The first kappa shape index (κ1) is 16.0. The van der Waals surface area contributed by atoms with Crippen molar-refractivity contribution in [2.75, 3.05) is 23.0 Å². The molecule has 0 atom stereocenters. The number of hydrogen-bond acceptors (Lipinski definition) is 5. The third kappa shape index (κ3) is 4.50. The SMILES string of the molecule is CCS(=O)(=O)CCCS(=O)(=O)c1ccc(N)c(C)c1. The summed E-state index contributed by atoms with van der Waals surface area (Å²) in [5.74, 6) is -0.236. The van der Waals surface area contributed by atoms with Crippen molar-refractivity contribution in [1.29, 1.82) is 0 Å². The third-order valence-corrected chi connectivity index (χ3v) is 6.50. The zero-order valence-electron chi connectivity index (χ0n) is 11.1. The van der Waals surface area contributed by atoms with Crippen molar-refractivity contribution in [2.24, 2.45) is 0 Å². The zero-order chi connectivity index (χ0) is 14.7. The van der Waals surface area contributed by atoms with Gasteiger partial charge in [0.05, 0.1) is 16.4 Å². The first-order chi connectivity index (χ1) is 8.68. The molecule has 0 aliphatic heterocycles. The molecule has 0 radical (unpaired) electrons. The van der Waals surface area contributed by atoms with Gasteiger partial charge in [-0.25, -0.2) is 16.8 Å². The molecule has 1 rings (SSSR count). The molecule has 0 heterocycles. The van der Waals surface area contributed by atoms with Gasteiger partial charge in [0.1, 0.15) is 9.84 Å². The summed E-state index contributed by atoms with van der Waals surface area (Å²) in [6.07, 6.45) is 0.113. The summed E-state index contributed by atoms with van der Waals surface area (Å²) in [5.41, 5.74) is 6.86. The van der Waals surface area contributed by atoms with Gasteiger partial charge in [-0.2, -0.15) is 0 Å². The Balaban J connectivity index is 2.79. The Morgan fingerprint density at radius 2 is 1.74 bits per heavy atom. The number of rotatable bonds is 6. The fraction of sp³-hybridized carbons (Fsp3) is 0.500. The number of anilines is 1. The molecule has 0 saturated heterocycles. The van der Waals surface area contributed by atoms with E-state index in [2.05, 4.69) is 0 Å². The molecule has 108 valence electrons. The Bertz CT molecular complexity index is 648. The standard InChI is InChI=1S/C12H19NO4S2/c1-3-18(14,15)7-4-8-19(16,17)11-5-6-12(13)10(2)9-11/h5-6,9H,3-4,7-8,13H2,1-2H3. The van der Waals surface area contributed by atoms with Gasteiger partial charge < -0.3 is 5.73 Å². The summed E-state index contributed by atoms with van der Waals surface area (Å²) in [7, 11) is -6.57. The van der Waals surface area contributed by atoms with Crippen LogP contribution in [0.3, 0.4) is 0 Å². The van der Waals surface area contributed by atoms with Crippen molar-refractivity contribution < 1.29 is 16.8 Å². The molecule has 0 aromatic heterocycles. The smallest absolute Gasteiger partial charge is 0.178 e. The molecule has 0 aliphatic carbocycles. The van der Waals surface area contributed by atoms with Crippen LogP contribution in [0.5, 0.6) is 0 Å². The summed E-state index contributed by atoms with van der Waals surface area (Å²) in [6.45, 7) is 3.28. The zero-order valence-corrected chi connectivity index (χ0v) is 12.7. The van der Waals surface area contributed by atoms with Crippen LogP contribution in [0, 0.1) is 6.92 Å². The van der Waals surface area contributed by atoms with E-state index in [4.69, 9.17) is 5.73 Å². The molecule has 5 nitrogen and oxygen atoms in total. The van der Waals surface area contributed by atoms with Crippen LogP contribution in [0.25, 0.3) is 0 Å². The largest absolute Gasteiger partial charge is 0.399 e. The van der Waals surface area contributed by atoms with Crippen LogP contribution in [0.15, 0.2) is 23.1 Å². The van der Waals surface area contributed by atoms with Gasteiger partial charge >= 0.3 is 0 Å². The molecule has 0 amide bonds. The fourth-order valence-corrected chi connectivity index (χ4v) is 4.02. The Morgan fingerprint density at radius 1 is 1.11 bits per heavy atom. The van der Waals surface area contributed by atoms with E-state index in [0.717, 1.165) is 0 Å². The van der Waals surface area contributed by atoms with Crippen molar-refractivity contribution in [3.05, 3.63) is 23.8 Å². The first-order valence-corrected chi connectivity index (χ1v) is 9.44. The van der Waals surface area contributed by atoms with Crippen LogP contribution in [-0.4, -0.2) is 34.1 Å². The molecule has 0 fully saturated rings. The van der Waals surface area contributed by atoms with Crippen LogP contribution in [0.4, 0.5) is 5.69 Å². The second-order valence-corrected chi connectivity index (χ2v) is 9.01. The van der Waals surface area contributed by atoms with Gasteiger partial charge in [0.25, 0.3) is 0 Å². The lowest BCUT2D eigenvalue weighted by Gasteiger charge is -2.07. The van der Waals surface area contributed by atoms with Crippen LogP contribution < -0.4 is 5.73 Å². The average molecular weight is 305 g/mol. The van der Waals surface area contributed by atoms with E-state index >= 15 is 0 Å². The van der Waals surface area contributed by atoms with Crippen LogP contribution in [0.2, 0.25) is 0 Å². The number of benzene rings is 1. The lowest BCUT2D eigenvalue weighted by atomic mass is 10.2. The summed E-state index contributed by atoms with van der Waals surface area (Å²) in [5, 5.41) is 0. The van der Waals surface area contributed by atoms with Gasteiger partial charge in [-0.3, -0.25) is 0 Å². The van der Waals surface area contributed by atoms with E-state index in [1.807, 2.05) is 0 Å². The van der Waals surface area contributed by atoms with Gasteiger partial charge in [0.2, 0.25) is 0 Å². The second kappa shape index (κ2) is 5.92. The number of nitrogen functional groups attached to an aromatic ring is 1. The van der Waals surface area contributed by atoms with Gasteiger partial charge in [0.15, 0.2) is 9.84 Å². The molecular formula is C12H19NO4S2. The van der Waals surface area contributed by atoms with E-state index in [-0.39, 0.29) is 28.6 Å². The number of aryl methyl sites for hydroxylation is 1. The molecular weight excluding hydrogens is 286 g/mol. The fourth-order valence-electron chi connectivity index (χ4n) is 1.57. The molecule has 0 bridgehead atoms. The van der Waals surface area contributed by atoms with Crippen molar-refractivity contribution in [2.45, 2.75) is 25.2 Å². The molecule has 0 aliphatic rings. The summed E-state index contributed by atoms with van der Waals surface area (Å²) in [4.78, 5) is 0.188. The minimum absolute atomic E-state index is 0.0357. The third-order valence-electron chi connectivity index (χ3n) is 2.91. The van der Waals surface area contributed by atoms with Gasteiger partial charge in [-0.15, -0.1) is 0 Å². The Morgan fingerprint density at radius 3 is 2.26 bits per heavy atom. The van der Waals surface area contributed by atoms with Crippen LogP contribution >= 0.6 is 0 Å². The van der Waals surface area contributed by atoms with Crippen LogP contribution in [0.1, 0.15) is 18.9 Å². The lowest BCUT2D eigenvalue weighted by molar-refractivity contribution is 0.590. The van der Waals surface area contributed by atoms with Crippen molar-refractivity contribution in [3.8, 4) is 0 Å². The maximum atomic E-state index is 12.0.